The van der Waals surface area contributed by atoms with Gasteiger partial charge in [0.1, 0.15) is 11.8 Å². The number of nitrogens with zero attached hydrogens (tertiary/aromatic N) is 3. The maximum atomic E-state index is 12.2. The first-order valence-corrected chi connectivity index (χ1v) is 6.34. The maximum absolute atomic E-state index is 12.2. The van der Waals surface area contributed by atoms with Gasteiger partial charge in [0, 0.05) is 24.8 Å². The van der Waals surface area contributed by atoms with Crippen LogP contribution in [0.1, 0.15) is 21.6 Å². The highest BCUT2D eigenvalue weighted by atomic mass is 35.5. The predicted molar refractivity (Wildman–Crippen MR) is 76.2 cm³/mol. The molecule has 0 N–H and O–H groups in total. The molecule has 1 aromatic carbocycles. The molecule has 0 atom stereocenters. The van der Waals surface area contributed by atoms with E-state index in [4.69, 9.17) is 16.9 Å². The van der Waals surface area contributed by atoms with Crippen LogP contribution in [0.4, 0.5) is 0 Å². The van der Waals surface area contributed by atoms with Gasteiger partial charge in [-0.25, -0.2) is 4.98 Å². The van der Waals surface area contributed by atoms with Crippen LogP contribution < -0.4 is 0 Å². The molecule has 0 unspecified atom stereocenters. The number of hydrogen-bond donors (Lipinski definition) is 0. The van der Waals surface area contributed by atoms with E-state index in [1.54, 1.807) is 36.2 Å². The van der Waals surface area contributed by atoms with E-state index in [1.165, 1.54) is 6.20 Å². The van der Waals surface area contributed by atoms with E-state index in [2.05, 4.69) is 4.98 Å². The Morgan fingerprint density at radius 3 is 2.55 bits per heavy atom. The van der Waals surface area contributed by atoms with E-state index in [9.17, 15) is 4.79 Å². The molecule has 4 nitrogen and oxygen atoms in total. The number of rotatable bonds is 3. The van der Waals surface area contributed by atoms with E-state index in [0.717, 1.165) is 5.56 Å². The van der Waals surface area contributed by atoms with E-state index >= 15 is 0 Å². The third-order valence-corrected chi connectivity index (χ3v) is 3.04. The molecule has 0 saturated carbocycles. The number of benzene rings is 1. The second-order valence-electron chi connectivity index (χ2n) is 4.33. The molecule has 20 heavy (non-hydrogen) atoms. The molecule has 1 aromatic heterocycles. The van der Waals surface area contributed by atoms with E-state index in [1.807, 2.05) is 18.2 Å². The molecular formula is C15H12ClN3O. The lowest BCUT2D eigenvalue weighted by Crippen LogP contribution is -2.26. The molecule has 2 aromatic rings. The number of pyridine rings is 1. The Balaban J connectivity index is 2.08. The van der Waals surface area contributed by atoms with Crippen molar-refractivity contribution in [3.8, 4) is 6.07 Å². The minimum absolute atomic E-state index is 0.190. The van der Waals surface area contributed by atoms with Crippen LogP contribution in [0.3, 0.4) is 0 Å². The van der Waals surface area contributed by atoms with Crippen LogP contribution in [0.5, 0.6) is 0 Å². The number of halogens is 1. The number of hydrogen-bond acceptors (Lipinski definition) is 3. The van der Waals surface area contributed by atoms with Crippen LogP contribution in [0.25, 0.3) is 0 Å². The van der Waals surface area contributed by atoms with Gasteiger partial charge in [0.15, 0.2) is 0 Å². The van der Waals surface area contributed by atoms with Crippen molar-refractivity contribution in [3.63, 3.8) is 0 Å². The summed E-state index contributed by atoms with van der Waals surface area (Å²) in [6.45, 7) is 0.470. The summed E-state index contributed by atoms with van der Waals surface area (Å²) in [4.78, 5) is 17.7. The van der Waals surface area contributed by atoms with Crippen molar-refractivity contribution in [2.45, 2.75) is 6.54 Å². The molecule has 2 rings (SSSR count). The molecule has 100 valence electrons. The van der Waals surface area contributed by atoms with Crippen molar-refractivity contribution in [1.29, 1.82) is 5.26 Å². The van der Waals surface area contributed by atoms with Crippen LogP contribution in [0.15, 0.2) is 42.6 Å². The minimum Gasteiger partial charge on any atom is -0.336 e. The largest absolute Gasteiger partial charge is 0.336 e. The molecule has 0 fully saturated rings. The smallest absolute Gasteiger partial charge is 0.272 e. The molecule has 5 heteroatoms. The van der Waals surface area contributed by atoms with Gasteiger partial charge >= 0.3 is 0 Å². The third-order valence-electron chi connectivity index (χ3n) is 2.79. The van der Waals surface area contributed by atoms with Gasteiger partial charge in [-0.15, -0.1) is 0 Å². The summed E-state index contributed by atoms with van der Waals surface area (Å²) < 4.78 is 0. The Morgan fingerprint density at radius 2 is 2.00 bits per heavy atom. The fraction of sp³-hybridized carbons (Fsp3) is 0.133. The normalized spacial score (nSPS) is 9.85. The van der Waals surface area contributed by atoms with Gasteiger partial charge in [-0.3, -0.25) is 4.79 Å². The van der Waals surface area contributed by atoms with Crippen molar-refractivity contribution in [1.82, 2.24) is 9.88 Å². The minimum atomic E-state index is -0.190. The monoisotopic (exact) mass is 285 g/mol. The van der Waals surface area contributed by atoms with Crippen LogP contribution in [0.2, 0.25) is 5.02 Å². The van der Waals surface area contributed by atoms with Gasteiger partial charge in [-0.05, 0) is 29.8 Å². The molecule has 1 heterocycles. The summed E-state index contributed by atoms with van der Waals surface area (Å²) in [5.41, 5.74) is 1.74. The molecule has 0 saturated heterocycles. The Labute approximate surface area is 122 Å². The van der Waals surface area contributed by atoms with Gasteiger partial charge in [0.2, 0.25) is 0 Å². The number of aromatic nitrogens is 1. The van der Waals surface area contributed by atoms with Gasteiger partial charge in [0.25, 0.3) is 5.91 Å². The quantitative estimate of drug-likeness (QED) is 0.871. The van der Waals surface area contributed by atoms with Crippen LogP contribution in [-0.2, 0) is 6.54 Å². The summed E-state index contributed by atoms with van der Waals surface area (Å²) in [7, 11) is 1.71. The first-order valence-electron chi connectivity index (χ1n) is 5.96. The van der Waals surface area contributed by atoms with E-state index < -0.39 is 0 Å². The average molecular weight is 286 g/mol. The van der Waals surface area contributed by atoms with E-state index in [-0.39, 0.29) is 5.91 Å². The second-order valence-corrected chi connectivity index (χ2v) is 4.77. The maximum Gasteiger partial charge on any atom is 0.272 e. The van der Waals surface area contributed by atoms with Gasteiger partial charge in [-0.2, -0.15) is 5.26 Å². The highest BCUT2D eigenvalue weighted by Gasteiger charge is 2.13. The first kappa shape index (κ1) is 14.0. The van der Waals surface area contributed by atoms with Gasteiger partial charge in [0.05, 0.1) is 5.56 Å². The van der Waals surface area contributed by atoms with Gasteiger partial charge in [-0.1, -0.05) is 23.7 Å². The Kier molecular flexibility index (Phi) is 4.34. The first-order chi connectivity index (χ1) is 9.60. The molecule has 0 spiro atoms. The van der Waals surface area contributed by atoms with Gasteiger partial charge < -0.3 is 4.90 Å². The standard InChI is InChI=1S/C15H12ClN3O/c1-19(10-11-2-5-13(16)6-3-11)15(20)14-7-4-12(8-17)9-18-14/h2-7,9H,10H2,1H3. The topological polar surface area (TPSA) is 57.0 Å². The molecule has 0 aliphatic rings. The molecule has 1 amide bonds. The van der Waals surface area contributed by atoms with Crippen molar-refractivity contribution >= 4 is 17.5 Å². The molecule has 0 aliphatic carbocycles. The Bertz CT molecular complexity index is 644. The van der Waals surface area contributed by atoms with Crippen molar-refractivity contribution in [2.75, 3.05) is 7.05 Å². The molecular weight excluding hydrogens is 274 g/mol. The summed E-state index contributed by atoms with van der Waals surface area (Å²) in [6, 6.07) is 12.4. The van der Waals surface area contributed by atoms with Crippen LogP contribution in [-0.4, -0.2) is 22.8 Å². The van der Waals surface area contributed by atoms with Crippen LogP contribution >= 0.6 is 11.6 Å². The van der Waals surface area contributed by atoms with E-state index in [0.29, 0.717) is 22.8 Å². The number of carbonyl (C=O) groups excluding carboxylic acids is 1. The molecule has 0 aliphatic heterocycles. The lowest BCUT2D eigenvalue weighted by Gasteiger charge is -2.16. The zero-order chi connectivity index (χ0) is 14.5. The Morgan fingerprint density at radius 1 is 1.30 bits per heavy atom. The third kappa shape index (κ3) is 3.34. The Hall–Kier alpha value is -2.38. The number of carbonyl (C=O) groups is 1. The lowest BCUT2D eigenvalue weighted by atomic mass is 10.2. The predicted octanol–water partition coefficient (Wildman–Crippen LogP) is 2.88. The highest BCUT2D eigenvalue weighted by molar-refractivity contribution is 6.30. The average Bonchev–Trinajstić information content (AvgIpc) is 2.49. The SMILES string of the molecule is CN(Cc1ccc(Cl)cc1)C(=O)c1ccc(C#N)cn1. The lowest BCUT2D eigenvalue weighted by molar-refractivity contribution is 0.0779. The van der Waals surface area contributed by atoms with Crippen molar-refractivity contribution < 1.29 is 4.79 Å². The van der Waals surface area contributed by atoms with Crippen molar-refractivity contribution in [3.05, 3.63) is 64.4 Å². The second kappa shape index (κ2) is 6.18. The number of nitriles is 1. The fourth-order valence-electron chi connectivity index (χ4n) is 1.72. The van der Waals surface area contributed by atoms with Crippen LogP contribution in [0, 0.1) is 11.3 Å². The summed E-state index contributed by atoms with van der Waals surface area (Å²) in [5.74, 6) is -0.190. The highest BCUT2D eigenvalue weighted by Crippen LogP contribution is 2.12. The summed E-state index contributed by atoms with van der Waals surface area (Å²) >= 11 is 5.82. The van der Waals surface area contributed by atoms with Crippen molar-refractivity contribution in [2.24, 2.45) is 0 Å². The fourth-order valence-corrected chi connectivity index (χ4v) is 1.84. The molecule has 0 bridgehead atoms. The number of amides is 1. The molecule has 0 radical (unpaired) electrons. The zero-order valence-electron chi connectivity index (χ0n) is 10.9. The zero-order valence-corrected chi connectivity index (χ0v) is 11.6. The summed E-state index contributed by atoms with van der Waals surface area (Å²) in [5, 5.41) is 9.36. The summed E-state index contributed by atoms with van der Waals surface area (Å²) in [6.07, 6.45) is 1.39.